The molecule has 0 aromatic carbocycles. The summed E-state index contributed by atoms with van der Waals surface area (Å²) in [6.07, 6.45) is 11.3. The molecule has 2 rings (SSSR count). The average molecular weight is 194 g/mol. The van der Waals surface area contributed by atoms with Crippen LogP contribution < -0.4 is 5.73 Å². The maximum atomic E-state index is 5.86. The summed E-state index contributed by atoms with van der Waals surface area (Å²) in [5, 5.41) is 0. The zero-order valence-corrected chi connectivity index (χ0v) is 8.99. The Morgan fingerprint density at radius 1 is 1.07 bits per heavy atom. The highest BCUT2D eigenvalue weighted by Crippen LogP contribution is 2.19. The van der Waals surface area contributed by atoms with Crippen molar-refractivity contribution in [1.29, 1.82) is 0 Å². The van der Waals surface area contributed by atoms with Gasteiger partial charge in [-0.25, -0.2) is 0 Å². The summed E-state index contributed by atoms with van der Waals surface area (Å²) in [6.45, 7) is 3.85. The Hall–Kier alpha value is -0.340. The van der Waals surface area contributed by atoms with Gasteiger partial charge in [-0.1, -0.05) is 25.0 Å². The van der Waals surface area contributed by atoms with Crippen LogP contribution in [0.4, 0.5) is 0 Å². The van der Waals surface area contributed by atoms with Gasteiger partial charge in [-0.15, -0.1) is 0 Å². The minimum absolute atomic E-state index is 0.326. The molecule has 2 heteroatoms. The number of nitrogens with zero attached hydrogens (tertiary/aromatic N) is 1. The lowest BCUT2D eigenvalue weighted by molar-refractivity contribution is 0.254. The Morgan fingerprint density at radius 2 is 1.79 bits per heavy atom. The molecule has 2 nitrogen and oxygen atoms in total. The van der Waals surface area contributed by atoms with E-state index in [0.717, 1.165) is 12.3 Å². The van der Waals surface area contributed by atoms with Crippen LogP contribution in [0.25, 0.3) is 0 Å². The first-order valence-corrected chi connectivity index (χ1v) is 6.01. The van der Waals surface area contributed by atoms with Crippen LogP contribution in [0, 0.1) is 5.92 Å². The first-order valence-electron chi connectivity index (χ1n) is 6.01. The lowest BCUT2D eigenvalue weighted by Gasteiger charge is -2.23. The van der Waals surface area contributed by atoms with Crippen molar-refractivity contribution in [3.8, 4) is 0 Å². The zero-order chi connectivity index (χ0) is 9.80. The molecule has 2 aliphatic rings. The SMILES string of the molecule is NC1C=CC(CN2CCCCCC2)C1. The molecule has 0 aromatic heterocycles. The molecule has 0 spiro atoms. The second kappa shape index (κ2) is 4.94. The summed E-state index contributed by atoms with van der Waals surface area (Å²) in [6, 6.07) is 0.326. The molecule has 1 aliphatic carbocycles. The second-order valence-corrected chi connectivity index (χ2v) is 4.76. The predicted octanol–water partition coefficient (Wildman–Crippen LogP) is 1.77. The Bertz CT molecular complexity index is 192. The topological polar surface area (TPSA) is 29.3 Å². The normalized spacial score (nSPS) is 34.6. The summed E-state index contributed by atoms with van der Waals surface area (Å²) in [5.74, 6) is 0.725. The van der Waals surface area contributed by atoms with Gasteiger partial charge in [-0.05, 0) is 38.3 Å². The molecular weight excluding hydrogens is 172 g/mol. The van der Waals surface area contributed by atoms with Crippen LogP contribution in [0.2, 0.25) is 0 Å². The number of hydrogen-bond acceptors (Lipinski definition) is 2. The molecule has 1 aliphatic heterocycles. The maximum Gasteiger partial charge on any atom is 0.0229 e. The molecule has 0 saturated carbocycles. The van der Waals surface area contributed by atoms with E-state index in [1.807, 2.05) is 0 Å². The van der Waals surface area contributed by atoms with E-state index in [0.29, 0.717) is 6.04 Å². The van der Waals surface area contributed by atoms with Crippen molar-refractivity contribution < 1.29 is 0 Å². The summed E-state index contributed by atoms with van der Waals surface area (Å²) >= 11 is 0. The molecule has 0 bridgehead atoms. The Labute approximate surface area is 87.2 Å². The van der Waals surface area contributed by atoms with Crippen LogP contribution in [0.5, 0.6) is 0 Å². The minimum Gasteiger partial charge on any atom is -0.324 e. The molecule has 14 heavy (non-hydrogen) atoms. The first-order chi connectivity index (χ1) is 6.84. The van der Waals surface area contributed by atoms with Crippen molar-refractivity contribution in [3.05, 3.63) is 12.2 Å². The van der Waals surface area contributed by atoms with E-state index in [2.05, 4.69) is 17.1 Å². The quantitative estimate of drug-likeness (QED) is 0.679. The molecule has 1 saturated heterocycles. The van der Waals surface area contributed by atoms with Crippen LogP contribution in [0.1, 0.15) is 32.1 Å². The third-order valence-corrected chi connectivity index (χ3v) is 3.40. The maximum absolute atomic E-state index is 5.86. The largest absolute Gasteiger partial charge is 0.324 e. The Kier molecular flexibility index (Phi) is 3.60. The van der Waals surface area contributed by atoms with Gasteiger partial charge in [-0.2, -0.15) is 0 Å². The van der Waals surface area contributed by atoms with Gasteiger partial charge in [0.05, 0.1) is 0 Å². The van der Waals surface area contributed by atoms with Crippen LogP contribution in [-0.2, 0) is 0 Å². The predicted molar refractivity (Wildman–Crippen MR) is 60.1 cm³/mol. The lowest BCUT2D eigenvalue weighted by Crippen LogP contribution is -2.30. The summed E-state index contributed by atoms with van der Waals surface area (Å²) in [4.78, 5) is 2.63. The van der Waals surface area contributed by atoms with Crippen molar-refractivity contribution in [2.75, 3.05) is 19.6 Å². The fourth-order valence-corrected chi connectivity index (χ4v) is 2.59. The molecule has 2 N–H and O–H groups in total. The second-order valence-electron chi connectivity index (χ2n) is 4.76. The molecule has 1 fully saturated rings. The van der Waals surface area contributed by atoms with Crippen LogP contribution in [-0.4, -0.2) is 30.6 Å². The highest BCUT2D eigenvalue weighted by atomic mass is 15.1. The number of likely N-dealkylation sites (tertiary alicyclic amines) is 1. The number of rotatable bonds is 2. The molecule has 0 aromatic rings. The Balaban J connectivity index is 1.76. The van der Waals surface area contributed by atoms with E-state index in [9.17, 15) is 0 Å². The van der Waals surface area contributed by atoms with Gasteiger partial charge in [0.2, 0.25) is 0 Å². The summed E-state index contributed by atoms with van der Waals surface area (Å²) < 4.78 is 0. The molecule has 0 amide bonds. The minimum atomic E-state index is 0.326. The van der Waals surface area contributed by atoms with E-state index in [-0.39, 0.29) is 0 Å². The lowest BCUT2D eigenvalue weighted by atomic mass is 10.1. The Morgan fingerprint density at radius 3 is 2.36 bits per heavy atom. The highest BCUT2D eigenvalue weighted by Gasteiger charge is 2.19. The van der Waals surface area contributed by atoms with Gasteiger partial charge in [0.15, 0.2) is 0 Å². The third kappa shape index (κ3) is 2.82. The molecule has 0 radical (unpaired) electrons. The van der Waals surface area contributed by atoms with Crippen molar-refractivity contribution in [3.63, 3.8) is 0 Å². The van der Waals surface area contributed by atoms with Crippen molar-refractivity contribution in [2.24, 2.45) is 11.7 Å². The van der Waals surface area contributed by atoms with Gasteiger partial charge in [0.25, 0.3) is 0 Å². The van der Waals surface area contributed by atoms with Crippen molar-refractivity contribution in [1.82, 2.24) is 4.90 Å². The molecule has 80 valence electrons. The molecule has 2 atom stereocenters. The molecular formula is C12H22N2. The number of nitrogens with two attached hydrogens (primary N) is 1. The van der Waals surface area contributed by atoms with E-state index < -0.39 is 0 Å². The van der Waals surface area contributed by atoms with Gasteiger partial charge >= 0.3 is 0 Å². The van der Waals surface area contributed by atoms with Gasteiger partial charge in [0, 0.05) is 12.6 Å². The molecule has 2 unspecified atom stereocenters. The summed E-state index contributed by atoms with van der Waals surface area (Å²) in [7, 11) is 0. The van der Waals surface area contributed by atoms with Crippen molar-refractivity contribution >= 4 is 0 Å². The van der Waals surface area contributed by atoms with E-state index in [4.69, 9.17) is 5.73 Å². The average Bonchev–Trinajstić information content (AvgIpc) is 2.43. The zero-order valence-electron chi connectivity index (χ0n) is 8.99. The fourth-order valence-electron chi connectivity index (χ4n) is 2.59. The standard InChI is InChI=1S/C12H22N2/c13-12-6-5-11(9-12)10-14-7-3-1-2-4-8-14/h5-6,11-12H,1-4,7-10,13H2. The van der Waals surface area contributed by atoms with Crippen LogP contribution >= 0.6 is 0 Å². The summed E-state index contributed by atoms with van der Waals surface area (Å²) in [5.41, 5.74) is 5.86. The fraction of sp³-hybridized carbons (Fsp3) is 0.833. The van der Waals surface area contributed by atoms with Gasteiger partial charge in [-0.3, -0.25) is 0 Å². The van der Waals surface area contributed by atoms with E-state index >= 15 is 0 Å². The number of hydrogen-bond donors (Lipinski definition) is 1. The van der Waals surface area contributed by atoms with Crippen LogP contribution in [0.3, 0.4) is 0 Å². The van der Waals surface area contributed by atoms with E-state index in [1.165, 1.54) is 45.3 Å². The highest BCUT2D eigenvalue weighted by molar-refractivity contribution is 5.05. The first kappa shape index (κ1) is 10.2. The molecule has 1 heterocycles. The van der Waals surface area contributed by atoms with Gasteiger partial charge in [0.1, 0.15) is 0 Å². The monoisotopic (exact) mass is 194 g/mol. The third-order valence-electron chi connectivity index (χ3n) is 3.40. The van der Waals surface area contributed by atoms with Crippen LogP contribution in [0.15, 0.2) is 12.2 Å². The van der Waals surface area contributed by atoms with Gasteiger partial charge < -0.3 is 10.6 Å². The van der Waals surface area contributed by atoms with Crippen molar-refractivity contribution in [2.45, 2.75) is 38.1 Å². The smallest absolute Gasteiger partial charge is 0.0229 e. The van der Waals surface area contributed by atoms with E-state index in [1.54, 1.807) is 0 Å².